The van der Waals surface area contributed by atoms with E-state index in [4.69, 9.17) is 16.3 Å². The van der Waals surface area contributed by atoms with Gasteiger partial charge in [-0.2, -0.15) is 0 Å². The Hall–Kier alpha value is -1.85. The molecule has 4 nitrogen and oxygen atoms in total. The van der Waals surface area contributed by atoms with E-state index in [1.807, 2.05) is 23.6 Å². The highest BCUT2D eigenvalue weighted by Gasteiger charge is 2.18. The monoisotopic (exact) mass is 292 g/mol. The number of rotatable bonds is 2. The topological polar surface area (TPSA) is 43.6 Å². The smallest absolute Gasteiger partial charge is 0.355 e. The molecule has 0 saturated heterocycles. The Labute approximate surface area is 118 Å². The van der Waals surface area contributed by atoms with Crippen LogP contribution in [0.15, 0.2) is 35.7 Å². The van der Waals surface area contributed by atoms with Crippen LogP contribution in [0.25, 0.3) is 16.2 Å². The van der Waals surface area contributed by atoms with Crippen molar-refractivity contribution >= 4 is 34.4 Å². The zero-order chi connectivity index (χ0) is 13.4. The summed E-state index contributed by atoms with van der Waals surface area (Å²) in [4.78, 5) is 17.1. The van der Waals surface area contributed by atoms with Gasteiger partial charge in [0.1, 0.15) is 5.69 Å². The van der Waals surface area contributed by atoms with Crippen molar-refractivity contribution < 1.29 is 9.53 Å². The van der Waals surface area contributed by atoms with Crippen molar-refractivity contribution in [3.05, 3.63) is 46.6 Å². The van der Waals surface area contributed by atoms with Gasteiger partial charge in [-0.3, -0.25) is 4.40 Å². The van der Waals surface area contributed by atoms with Crippen molar-refractivity contribution in [2.45, 2.75) is 0 Å². The number of fused-ring (bicyclic) bond motifs is 1. The normalized spacial score (nSPS) is 10.8. The van der Waals surface area contributed by atoms with Gasteiger partial charge in [-0.05, 0) is 23.6 Å². The van der Waals surface area contributed by atoms with Crippen molar-refractivity contribution in [3.63, 3.8) is 0 Å². The number of hydrogen-bond donors (Lipinski definition) is 0. The van der Waals surface area contributed by atoms with E-state index in [-0.39, 0.29) is 0 Å². The number of halogens is 1. The van der Waals surface area contributed by atoms with Crippen molar-refractivity contribution in [1.29, 1.82) is 0 Å². The van der Waals surface area contributed by atoms with Crippen LogP contribution in [0.3, 0.4) is 0 Å². The summed E-state index contributed by atoms with van der Waals surface area (Å²) in [7, 11) is 1.35. The number of pyridine rings is 1. The average Bonchev–Trinajstić information content (AvgIpc) is 3.06. The van der Waals surface area contributed by atoms with Crippen LogP contribution < -0.4 is 0 Å². The van der Waals surface area contributed by atoms with E-state index in [2.05, 4.69) is 4.98 Å². The molecule has 0 aliphatic rings. The Bertz CT molecular complexity index is 749. The molecule has 0 amide bonds. The molecule has 3 heterocycles. The Morgan fingerprint density at radius 2 is 2.21 bits per heavy atom. The molecular weight excluding hydrogens is 284 g/mol. The van der Waals surface area contributed by atoms with Gasteiger partial charge in [0.25, 0.3) is 0 Å². The highest BCUT2D eigenvalue weighted by molar-refractivity contribution is 7.13. The molecule has 96 valence electrons. The fraction of sp³-hybridized carbons (Fsp3) is 0.0769. The van der Waals surface area contributed by atoms with E-state index in [9.17, 15) is 4.79 Å². The number of esters is 1. The van der Waals surface area contributed by atoms with Crippen molar-refractivity contribution in [3.8, 4) is 10.7 Å². The molecule has 0 fully saturated rings. The van der Waals surface area contributed by atoms with E-state index in [1.54, 1.807) is 16.5 Å². The van der Waals surface area contributed by atoms with E-state index >= 15 is 0 Å². The van der Waals surface area contributed by atoms with Gasteiger partial charge in [0.05, 0.1) is 17.5 Å². The van der Waals surface area contributed by atoms with E-state index in [0.29, 0.717) is 22.2 Å². The molecule has 3 aromatic heterocycles. The van der Waals surface area contributed by atoms with Crippen LogP contribution in [0.5, 0.6) is 0 Å². The predicted molar refractivity (Wildman–Crippen MR) is 74.9 cm³/mol. The highest BCUT2D eigenvalue weighted by Crippen LogP contribution is 2.30. The van der Waals surface area contributed by atoms with Crippen LogP contribution in [0.4, 0.5) is 0 Å². The first-order chi connectivity index (χ1) is 9.22. The van der Waals surface area contributed by atoms with Gasteiger partial charge in [0.2, 0.25) is 0 Å². The van der Waals surface area contributed by atoms with E-state index in [0.717, 1.165) is 4.88 Å². The van der Waals surface area contributed by atoms with Gasteiger partial charge < -0.3 is 4.74 Å². The first-order valence-corrected chi connectivity index (χ1v) is 6.77. The summed E-state index contributed by atoms with van der Waals surface area (Å²) in [6, 6.07) is 9.12. The van der Waals surface area contributed by atoms with Gasteiger partial charge in [-0.1, -0.05) is 23.7 Å². The number of imidazole rings is 1. The van der Waals surface area contributed by atoms with Crippen LogP contribution in [-0.2, 0) is 4.74 Å². The average molecular weight is 293 g/mol. The fourth-order valence-corrected chi connectivity index (χ4v) is 2.86. The van der Waals surface area contributed by atoms with Gasteiger partial charge in [-0.25, -0.2) is 9.78 Å². The summed E-state index contributed by atoms with van der Waals surface area (Å²) < 4.78 is 6.52. The summed E-state index contributed by atoms with van der Waals surface area (Å²) in [5, 5.41) is 2.32. The molecule has 0 aliphatic carbocycles. The third-order valence-corrected chi connectivity index (χ3v) is 3.90. The first kappa shape index (κ1) is 12.2. The van der Waals surface area contributed by atoms with Crippen LogP contribution in [0.2, 0.25) is 5.15 Å². The Kier molecular flexibility index (Phi) is 3.00. The number of ether oxygens (including phenoxy) is 1. The lowest BCUT2D eigenvalue weighted by atomic mass is 10.3. The minimum Gasteiger partial charge on any atom is -0.464 e. The molecule has 6 heteroatoms. The zero-order valence-corrected chi connectivity index (χ0v) is 11.5. The quantitative estimate of drug-likeness (QED) is 0.679. The Morgan fingerprint density at radius 1 is 1.37 bits per heavy atom. The minimum absolute atomic E-state index is 0.370. The number of thiophene rings is 1. The number of hydrogen-bond acceptors (Lipinski definition) is 4. The van der Waals surface area contributed by atoms with Crippen molar-refractivity contribution in [1.82, 2.24) is 9.38 Å². The third kappa shape index (κ3) is 1.91. The molecular formula is C13H9ClN2O2S. The lowest BCUT2D eigenvalue weighted by Crippen LogP contribution is -2.08. The molecule has 19 heavy (non-hydrogen) atoms. The lowest BCUT2D eigenvalue weighted by molar-refractivity contribution is 0.0592. The molecule has 0 saturated carbocycles. The molecule has 0 spiro atoms. The van der Waals surface area contributed by atoms with Gasteiger partial charge >= 0.3 is 5.97 Å². The zero-order valence-electron chi connectivity index (χ0n) is 9.96. The predicted octanol–water partition coefficient (Wildman–Crippen LogP) is 3.50. The summed E-state index contributed by atoms with van der Waals surface area (Å²) in [6.07, 6.45) is 0. The fourth-order valence-electron chi connectivity index (χ4n) is 1.93. The standard InChI is InChI=1S/C13H9ClN2O2S/c1-18-13(17)9-5-2-4-8-11(14)15-12(16(8)9)10-6-3-7-19-10/h2-7H,1H3. The summed E-state index contributed by atoms with van der Waals surface area (Å²) in [5.74, 6) is 0.230. The van der Waals surface area contributed by atoms with Crippen molar-refractivity contribution in [2.24, 2.45) is 0 Å². The lowest BCUT2D eigenvalue weighted by Gasteiger charge is -2.05. The van der Waals surface area contributed by atoms with Gasteiger partial charge in [0.15, 0.2) is 11.0 Å². The van der Waals surface area contributed by atoms with E-state index in [1.165, 1.54) is 18.4 Å². The van der Waals surface area contributed by atoms with Gasteiger partial charge in [-0.15, -0.1) is 11.3 Å². The second-order valence-electron chi connectivity index (χ2n) is 3.83. The SMILES string of the molecule is COC(=O)c1cccc2c(Cl)nc(-c3cccs3)n12. The Morgan fingerprint density at radius 3 is 2.89 bits per heavy atom. The summed E-state index contributed by atoms with van der Waals surface area (Å²) in [5.41, 5.74) is 1.09. The maximum absolute atomic E-state index is 11.8. The maximum Gasteiger partial charge on any atom is 0.355 e. The van der Waals surface area contributed by atoms with Crippen LogP contribution in [-0.4, -0.2) is 22.5 Å². The molecule has 3 rings (SSSR count). The number of aromatic nitrogens is 2. The second kappa shape index (κ2) is 4.68. The first-order valence-electron chi connectivity index (χ1n) is 5.51. The molecule has 0 aliphatic heterocycles. The summed E-state index contributed by atoms with van der Waals surface area (Å²) >= 11 is 7.67. The van der Waals surface area contributed by atoms with Crippen LogP contribution in [0.1, 0.15) is 10.5 Å². The Balaban J connectivity index is 2.37. The van der Waals surface area contributed by atoms with Gasteiger partial charge in [0, 0.05) is 0 Å². The maximum atomic E-state index is 11.8. The third-order valence-electron chi connectivity index (χ3n) is 2.75. The van der Waals surface area contributed by atoms with Crippen LogP contribution >= 0.6 is 22.9 Å². The minimum atomic E-state index is -0.419. The van der Waals surface area contributed by atoms with Crippen molar-refractivity contribution in [2.75, 3.05) is 7.11 Å². The number of carbonyl (C=O) groups excluding carboxylic acids is 1. The number of nitrogens with zero attached hydrogens (tertiary/aromatic N) is 2. The highest BCUT2D eigenvalue weighted by atomic mass is 35.5. The number of carbonyl (C=O) groups is 1. The second-order valence-corrected chi connectivity index (χ2v) is 5.13. The van der Waals surface area contributed by atoms with E-state index < -0.39 is 5.97 Å². The van der Waals surface area contributed by atoms with Crippen LogP contribution in [0, 0.1) is 0 Å². The molecule has 3 aromatic rings. The molecule has 0 aromatic carbocycles. The number of methoxy groups -OCH3 is 1. The molecule has 0 radical (unpaired) electrons. The molecule has 0 atom stereocenters. The largest absolute Gasteiger partial charge is 0.464 e. The molecule has 0 unspecified atom stereocenters. The molecule has 0 bridgehead atoms. The molecule has 0 N–H and O–H groups in total. The summed E-state index contributed by atoms with van der Waals surface area (Å²) in [6.45, 7) is 0.